The monoisotopic (exact) mass is 474 g/mol. The molecule has 3 rings (SSSR count). The Hall–Kier alpha value is -3.01. The minimum atomic E-state index is -4.76. The first-order chi connectivity index (χ1) is 15.4. The summed E-state index contributed by atoms with van der Waals surface area (Å²) < 4.78 is 97.4. The van der Waals surface area contributed by atoms with Crippen molar-refractivity contribution in [2.24, 2.45) is 0 Å². The lowest BCUT2D eigenvalue weighted by Crippen LogP contribution is -2.25. The predicted molar refractivity (Wildman–Crippen MR) is 104 cm³/mol. The Bertz CT molecular complexity index is 959. The molecular formula is C23H20F6O4. The van der Waals surface area contributed by atoms with Gasteiger partial charge in [-0.15, -0.1) is 0 Å². The molecular weight excluding hydrogens is 454 g/mol. The van der Waals surface area contributed by atoms with Gasteiger partial charge in [-0.1, -0.05) is 36.4 Å². The molecule has 0 radical (unpaired) electrons. The van der Waals surface area contributed by atoms with Gasteiger partial charge < -0.3 is 14.2 Å². The van der Waals surface area contributed by atoms with E-state index >= 15 is 0 Å². The quantitative estimate of drug-likeness (QED) is 0.280. The highest BCUT2D eigenvalue weighted by atomic mass is 19.4. The SMILES string of the molecule is CC(C)OC(=O)C=C1C[C@@H](c2ccccc2C(F)(F)F)O[C@@H](c2ccccc2C(F)(F)F)O1. The van der Waals surface area contributed by atoms with E-state index in [9.17, 15) is 31.1 Å². The van der Waals surface area contributed by atoms with E-state index in [2.05, 4.69) is 0 Å². The van der Waals surface area contributed by atoms with Crippen molar-refractivity contribution in [3.8, 4) is 0 Å². The molecule has 33 heavy (non-hydrogen) atoms. The molecule has 10 heteroatoms. The van der Waals surface area contributed by atoms with E-state index in [0.717, 1.165) is 24.3 Å². The Morgan fingerprint density at radius 3 is 2.00 bits per heavy atom. The number of alkyl halides is 6. The van der Waals surface area contributed by atoms with Gasteiger partial charge in [0, 0.05) is 12.0 Å². The summed E-state index contributed by atoms with van der Waals surface area (Å²) in [5, 5.41) is 0. The molecule has 1 heterocycles. The lowest BCUT2D eigenvalue weighted by Gasteiger charge is -2.34. The molecule has 0 aliphatic carbocycles. The number of hydrogen-bond acceptors (Lipinski definition) is 4. The average molecular weight is 474 g/mol. The van der Waals surface area contributed by atoms with E-state index in [1.165, 1.54) is 30.3 Å². The molecule has 0 aromatic heterocycles. The second-order valence-corrected chi connectivity index (χ2v) is 7.54. The maximum atomic E-state index is 13.6. The first-order valence-electron chi connectivity index (χ1n) is 9.91. The van der Waals surface area contributed by atoms with Crippen molar-refractivity contribution in [2.75, 3.05) is 0 Å². The number of carbonyl (C=O) groups excluding carboxylic acids is 1. The van der Waals surface area contributed by atoms with Gasteiger partial charge in [0.25, 0.3) is 0 Å². The maximum absolute atomic E-state index is 13.6. The van der Waals surface area contributed by atoms with Gasteiger partial charge in [0.1, 0.15) is 5.76 Å². The third-order valence-electron chi connectivity index (χ3n) is 4.70. The molecule has 1 aliphatic rings. The van der Waals surface area contributed by atoms with E-state index in [-0.39, 0.29) is 17.7 Å². The summed E-state index contributed by atoms with van der Waals surface area (Å²) >= 11 is 0. The molecule has 4 nitrogen and oxygen atoms in total. The molecule has 2 aromatic rings. The second-order valence-electron chi connectivity index (χ2n) is 7.54. The minimum Gasteiger partial charge on any atom is -0.465 e. The van der Waals surface area contributed by atoms with E-state index in [0.29, 0.717) is 0 Å². The first kappa shape index (κ1) is 24.6. The topological polar surface area (TPSA) is 44.8 Å². The van der Waals surface area contributed by atoms with E-state index in [4.69, 9.17) is 14.2 Å². The van der Waals surface area contributed by atoms with Gasteiger partial charge in [0.2, 0.25) is 6.29 Å². The molecule has 1 aliphatic heterocycles. The number of benzene rings is 2. The van der Waals surface area contributed by atoms with Crippen LogP contribution in [0.1, 0.15) is 54.9 Å². The summed E-state index contributed by atoms with van der Waals surface area (Å²) in [6, 6.07) is 8.99. The number of halogens is 6. The van der Waals surface area contributed by atoms with E-state index in [1.807, 2.05) is 0 Å². The minimum absolute atomic E-state index is 0.157. The van der Waals surface area contributed by atoms with Crippen molar-refractivity contribution in [3.05, 3.63) is 82.6 Å². The first-order valence-corrected chi connectivity index (χ1v) is 9.91. The molecule has 1 saturated heterocycles. The van der Waals surface area contributed by atoms with Gasteiger partial charge >= 0.3 is 18.3 Å². The summed E-state index contributed by atoms with van der Waals surface area (Å²) in [6.45, 7) is 3.18. The molecule has 0 bridgehead atoms. The largest absolute Gasteiger partial charge is 0.465 e. The van der Waals surface area contributed by atoms with Gasteiger partial charge in [-0.05, 0) is 31.5 Å². The third kappa shape index (κ3) is 6.07. The number of esters is 1. The van der Waals surface area contributed by atoms with Crippen LogP contribution in [-0.2, 0) is 31.4 Å². The van der Waals surface area contributed by atoms with Crippen molar-refractivity contribution in [1.29, 1.82) is 0 Å². The molecule has 0 spiro atoms. The maximum Gasteiger partial charge on any atom is 0.416 e. The van der Waals surface area contributed by atoms with Gasteiger partial charge in [-0.25, -0.2) is 4.79 Å². The third-order valence-corrected chi connectivity index (χ3v) is 4.70. The summed E-state index contributed by atoms with van der Waals surface area (Å²) in [5.41, 5.74) is -2.78. The molecule has 2 aromatic carbocycles. The van der Waals surface area contributed by atoms with Crippen molar-refractivity contribution in [3.63, 3.8) is 0 Å². The second kappa shape index (κ2) is 9.46. The fourth-order valence-corrected chi connectivity index (χ4v) is 3.40. The Morgan fingerprint density at radius 2 is 1.45 bits per heavy atom. The predicted octanol–water partition coefficient (Wildman–Crippen LogP) is 6.74. The number of carbonyl (C=O) groups is 1. The van der Waals surface area contributed by atoms with Crippen LogP contribution < -0.4 is 0 Å². The summed E-state index contributed by atoms with van der Waals surface area (Å²) in [7, 11) is 0. The zero-order valence-electron chi connectivity index (χ0n) is 17.5. The number of ether oxygens (including phenoxy) is 3. The standard InChI is InChI=1S/C23H20F6O4/c1-13(2)31-20(30)12-14-11-19(15-7-3-5-9-17(15)22(24,25)26)33-21(32-14)16-8-4-6-10-18(16)23(27,28)29/h3-10,12-13,19,21H,11H2,1-2H3/t19-,21-/m0/s1. The van der Waals surface area contributed by atoms with Crippen LogP contribution in [0.5, 0.6) is 0 Å². The van der Waals surface area contributed by atoms with Crippen molar-refractivity contribution in [1.82, 2.24) is 0 Å². The number of rotatable bonds is 4. The highest BCUT2D eigenvalue weighted by Gasteiger charge is 2.41. The normalized spacial score (nSPS) is 20.6. The fourth-order valence-electron chi connectivity index (χ4n) is 3.40. The summed E-state index contributed by atoms with van der Waals surface area (Å²) in [4.78, 5) is 12.1. The van der Waals surface area contributed by atoms with Crippen molar-refractivity contribution >= 4 is 5.97 Å². The van der Waals surface area contributed by atoms with Crippen LogP contribution in [0.25, 0.3) is 0 Å². The van der Waals surface area contributed by atoms with Gasteiger partial charge in [-0.2, -0.15) is 26.3 Å². The van der Waals surface area contributed by atoms with Crippen LogP contribution in [0, 0.1) is 0 Å². The molecule has 0 saturated carbocycles. The Labute approximate surface area is 185 Å². The smallest absolute Gasteiger partial charge is 0.416 e. The fraction of sp³-hybridized carbons (Fsp3) is 0.348. The molecule has 0 amide bonds. The molecule has 178 valence electrons. The summed E-state index contributed by atoms with van der Waals surface area (Å²) in [6.07, 6.45) is -12.4. The molecule has 2 atom stereocenters. The van der Waals surface area contributed by atoms with Crippen molar-refractivity contribution < 1.29 is 45.3 Å². The summed E-state index contributed by atoms with van der Waals surface area (Å²) in [5.74, 6) is -0.997. The average Bonchev–Trinajstić information content (AvgIpc) is 2.71. The van der Waals surface area contributed by atoms with Crippen LogP contribution in [-0.4, -0.2) is 12.1 Å². The lowest BCUT2D eigenvalue weighted by atomic mass is 9.97. The Morgan fingerprint density at radius 1 is 0.939 bits per heavy atom. The Kier molecular flexibility index (Phi) is 7.06. The van der Waals surface area contributed by atoms with Gasteiger partial charge in [0.15, 0.2) is 0 Å². The van der Waals surface area contributed by atoms with Crippen LogP contribution in [0.15, 0.2) is 60.4 Å². The van der Waals surface area contributed by atoms with Crippen molar-refractivity contribution in [2.45, 2.75) is 51.1 Å². The lowest BCUT2D eigenvalue weighted by molar-refractivity contribution is -0.199. The molecule has 0 N–H and O–H groups in total. The molecule has 1 fully saturated rings. The Balaban J connectivity index is 2.07. The van der Waals surface area contributed by atoms with Crippen LogP contribution in [0.4, 0.5) is 26.3 Å². The molecule has 0 unspecified atom stereocenters. The zero-order chi connectivity index (χ0) is 24.4. The van der Waals surface area contributed by atoms with Crippen LogP contribution in [0.2, 0.25) is 0 Å². The van der Waals surface area contributed by atoms with Gasteiger partial charge in [-0.3, -0.25) is 0 Å². The highest BCUT2D eigenvalue weighted by Crippen LogP contribution is 2.45. The van der Waals surface area contributed by atoms with Crippen LogP contribution in [0.3, 0.4) is 0 Å². The number of hydrogen-bond donors (Lipinski definition) is 0. The van der Waals surface area contributed by atoms with Gasteiger partial charge in [0.05, 0.1) is 29.4 Å². The van der Waals surface area contributed by atoms with Crippen LogP contribution >= 0.6 is 0 Å². The van der Waals surface area contributed by atoms with E-state index < -0.39 is 53.5 Å². The van der Waals surface area contributed by atoms with E-state index in [1.54, 1.807) is 13.8 Å². The highest BCUT2D eigenvalue weighted by molar-refractivity contribution is 5.82. The zero-order valence-corrected chi connectivity index (χ0v) is 17.5.